The van der Waals surface area contributed by atoms with E-state index in [1.165, 1.54) is 0 Å². The fraction of sp³-hybridized carbons (Fsp3) is 0.0714. The van der Waals surface area contributed by atoms with Crippen LogP contribution in [0, 0.1) is 0 Å². The molecule has 0 aliphatic carbocycles. The summed E-state index contributed by atoms with van der Waals surface area (Å²) in [6.45, 7) is 0.333. The van der Waals surface area contributed by atoms with Crippen LogP contribution >= 0.6 is 23.2 Å². The van der Waals surface area contributed by atoms with Gasteiger partial charge >= 0.3 is 0 Å². The molecule has 2 nitrogen and oxygen atoms in total. The highest BCUT2D eigenvalue weighted by Gasteiger charge is 2.02. The molecule has 0 amide bonds. The second kappa shape index (κ2) is 5.89. The van der Waals surface area contributed by atoms with Crippen LogP contribution in [0.2, 0.25) is 10.0 Å². The minimum absolute atomic E-state index is 0.333. The highest BCUT2D eigenvalue weighted by atomic mass is 35.5. The average Bonchev–Trinajstić information content (AvgIpc) is 2.40. The highest BCUT2D eigenvalue weighted by Crippen LogP contribution is 2.22. The summed E-state index contributed by atoms with van der Waals surface area (Å²) in [4.78, 5) is 10.5. The average molecular weight is 281 g/mol. The third-order valence-electron chi connectivity index (χ3n) is 2.42. The quantitative estimate of drug-likeness (QED) is 0.777. The molecule has 0 radical (unpaired) electrons. The van der Waals surface area contributed by atoms with Gasteiger partial charge in [0.15, 0.2) is 0 Å². The lowest BCUT2D eigenvalue weighted by atomic mass is 10.2. The Morgan fingerprint density at radius 1 is 1.06 bits per heavy atom. The molecule has 2 rings (SSSR count). The Morgan fingerprint density at radius 2 is 1.78 bits per heavy atom. The largest absolute Gasteiger partial charge is 0.489 e. The van der Waals surface area contributed by atoms with Crippen LogP contribution in [0.25, 0.3) is 0 Å². The molecule has 0 saturated carbocycles. The zero-order valence-electron chi connectivity index (χ0n) is 9.40. The smallest absolute Gasteiger partial charge is 0.150 e. The summed E-state index contributed by atoms with van der Waals surface area (Å²) in [5.74, 6) is 0.677. The zero-order valence-corrected chi connectivity index (χ0v) is 10.9. The third kappa shape index (κ3) is 3.25. The molecule has 92 valence electrons. The molecule has 0 bridgehead atoms. The number of benzene rings is 2. The van der Waals surface area contributed by atoms with Crippen LogP contribution in [0.5, 0.6) is 5.75 Å². The zero-order chi connectivity index (χ0) is 13.0. The Balaban J connectivity index is 2.06. The maximum Gasteiger partial charge on any atom is 0.150 e. The molecule has 2 aromatic rings. The minimum Gasteiger partial charge on any atom is -0.489 e. The first kappa shape index (κ1) is 12.9. The van der Waals surface area contributed by atoms with Crippen molar-refractivity contribution < 1.29 is 9.53 Å². The van der Waals surface area contributed by atoms with E-state index in [0.29, 0.717) is 28.0 Å². The molecule has 0 N–H and O–H groups in total. The molecule has 0 spiro atoms. The van der Waals surface area contributed by atoms with Gasteiger partial charge in [-0.15, -0.1) is 0 Å². The van der Waals surface area contributed by atoms with Gasteiger partial charge in [-0.3, -0.25) is 4.79 Å². The van der Waals surface area contributed by atoms with Gasteiger partial charge in [-0.25, -0.2) is 0 Å². The number of carbonyl (C=O) groups excluding carboxylic acids is 1. The molecule has 0 fully saturated rings. The van der Waals surface area contributed by atoms with Crippen LogP contribution in [0.1, 0.15) is 15.9 Å². The van der Waals surface area contributed by atoms with Gasteiger partial charge < -0.3 is 4.74 Å². The van der Waals surface area contributed by atoms with Crippen molar-refractivity contribution in [3.8, 4) is 5.75 Å². The van der Waals surface area contributed by atoms with Gasteiger partial charge in [0.2, 0.25) is 0 Å². The number of carbonyl (C=O) groups is 1. The molecule has 4 heteroatoms. The number of rotatable bonds is 4. The molecular weight excluding hydrogens is 271 g/mol. The van der Waals surface area contributed by atoms with E-state index in [1.54, 1.807) is 42.5 Å². The molecule has 0 aliphatic rings. The van der Waals surface area contributed by atoms with Gasteiger partial charge in [-0.1, -0.05) is 23.2 Å². The van der Waals surface area contributed by atoms with Crippen molar-refractivity contribution in [2.24, 2.45) is 0 Å². The Kier molecular flexibility index (Phi) is 4.24. The lowest BCUT2D eigenvalue weighted by molar-refractivity contribution is 0.112. The summed E-state index contributed by atoms with van der Waals surface area (Å²) < 4.78 is 5.57. The summed E-state index contributed by atoms with van der Waals surface area (Å²) in [6.07, 6.45) is 0.789. The number of aldehydes is 1. The Hall–Kier alpha value is -1.51. The van der Waals surface area contributed by atoms with Gasteiger partial charge in [0.05, 0.1) is 0 Å². The van der Waals surface area contributed by atoms with Gasteiger partial charge in [-0.2, -0.15) is 0 Å². The third-order valence-corrected chi connectivity index (χ3v) is 3.02. The molecule has 0 heterocycles. The molecule has 0 aliphatic heterocycles. The predicted octanol–water partition coefficient (Wildman–Crippen LogP) is 4.38. The maximum absolute atomic E-state index is 10.5. The lowest BCUT2D eigenvalue weighted by Gasteiger charge is -2.08. The van der Waals surface area contributed by atoms with Crippen molar-refractivity contribution in [3.05, 3.63) is 63.6 Å². The predicted molar refractivity (Wildman–Crippen MR) is 72.6 cm³/mol. The van der Waals surface area contributed by atoms with Crippen LogP contribution in [0.3, 0.4) is 0 Å². The SMILES string of the molecule is O=Cc1ccc(OCc2cc(Cl)ccc2Cl)cc1. The Morgan fingerprint density at radius 3 is 2.44 bits per heavy atom. The first-order valence-corrected chi connectivity index (χ1v) is 6.06. The molecule has 0 saturated heterocycles. The Labute approximate surface area is 115 Å². The van der Waals surface area contributed by atoms with E-state index < -0.39 is 0 Å². The Bertz CT molecular complexity index is 550. The normalized spacial score (nSPS) is 10.1. The van der Waals surface area contributed by atoms with Crippen LogP contribution in [0.15, 0.2) is 42.5 Å². The second-order valence-corrected chi connectivity index (χ2v) is 4.55. The monoisotopic (exact) mass is 280 g/mol. The van der Waals surface area contributed by atoms with Gasteiger partial charge in [-0.05, 0) is 42.5 Å². The van der Waals surface area contributed by atoms with Crippen LogP contribution < -0.4 is 4.74 Å². The van der Waals surface area contributed by atoms with Crippen molar-refractivity contribution >= 4 is 29.5 Å². The van der Waals surface area contributed by atoms with Gasteiger partial charge in [0.1, 0.15) is 18.6 Å². The van der Waals surface area contributed by atoms with Crippen molar-refractivity contribution in [2.75, 3.05) is 0 Å². The molecule has 2 aromatic carbocycles. The molecule has 0 unspecified atom stereocenters. The summed E-state index contributed by atoms with van der Waals surface area (Å²) >= 11 is 11.9. The van der Waals surface area contributed by atoms with Crippen molar-refractivity contribution in [3.63, 3.8) is 0 Å². The maximum atomic E-state index is 10.5. The fourth-order valence-electron chi connectivity index (χ4n) is 1.46. The second-order valence-electron chi connectivity index (χ2n) is 3.71. The van der Waals surface area contributed by atoms with E-state index >= 15 is 0 Å². The van der Waals surface area contributed by atoms with Crippen LogP contribution in [-0.2, 0) is 6.61 Å². The van der Waals surface area contributed by atoms with Crippen LogP contribution in [0.4, 0.5) is 0 Å². The van der Waals surface area contributed by atoms with Crippen molar-refractivity contribution in [2.45, 2.75) is 6.61 Å². The molecular formula is C14H10Cl2O2. The topological polar surface area (TPSA) is 26.3 Å². The summed E-state index contributed by atoms with van der Waals surface area (Å²) in [5, 5.41) is 1.23. The van der Waals surface area contributed by atoms with E-state index in [1.807, 2.05) is 0 Å². The van der Waals surface area contributed by atoms with Crippen molar-refractivity contribution in [1.82, 2.24) is 0 Å². The minimum atomic E-state index is 0.333. The molecule has 0 aromatic heterocycles. The van der Waals surface area contributed by atoms with Crippen LogP contribution in [-0.4, -0.2) is 6.29 Å². The lowest BCUT2D eigenvalue weighted by Crippen LogP contribution is -1.96. The molecule has 18 heavy (non-hydrogen) atoms. The van der Waals surface area contributed by atoms with E-state index in [0.717, 1.165) is 11.8 Å². The highest BCUT2D eigenvalue weighted by molar-refractivity contribution is 6.33. The van der Waals surface area contributed by atoms with E-state index in [9.17, 15) is 4.79 Å². The number of halogens is 2. The number of hydrogen-bond donors (Lipinski definition) is 0. The van der Waals surface area contributed by atoms with E-state index in [4.69, 9.17) is 27.9 Å². The van der Waals surface area contributed by atoms with Crippen molar-refractivity contribution in [1.29, 1.82) is 0 Å². The fourth-order valence-corrected chi connectivity index (χ4v) is 1.82. The van der Waals surface area contributed by atoms with Gasteiger partial charge in [0, 0.05) is 21.2 Å². The standard InChI is InChI=1S/C14H10Cl2O2/c15-12-3-6-14(16)11(7-12)9-18-13-4-1-10(8-17)2-5-13/h1-8H,9H2. The van der Waals surface area contributed by atoms with E-state index in [2.05, 4.69) is 0 Å². The number of hydrogen-bond acceptors (Lipinski definition) is 2. The summed E-state index contributed by atoms with van der Waals surface area (Å²) in [6, 6.07) is 12.1. The number of ether oxygens (including phenoxy) is 1. The summed E-state index contributed by atoms with van der Waals surface area (Å²) in [7, 11) is 0. The van der Waals surface area contributed by atoms with Gasteiger partial charge in [0.25, 0.3) is 0 Å². The first-order valence-electron chi connectivity index (χ1n) is 5.31. The molecule has 0 atom stereocenters. The van der Waals surface area contributed by atoms with E-state index in [-0.39, 0.29) is 0 Å². The summed E-state index contributed by atoms with van der Waals surface area (Å²) in [5.41, 5.74) is 1.44. The first-order chi connectivity index (χ1) is 8.69.